The molecule has 3 rings (SSSR count). The second-order valence-corrected chi connectivity index (χ2v) is 6.48. The Hall–Kier alpha value is -4.07. The molecule has 8 nitrogen and oxygen atoms in total. The van der Waals surface area contributed by atoms with Gasteiger partial charge in [-0.15, -0.1) is 0 Å². The fourth-order valence-electron chi connectivity index (χ4n) is 2.61. The quantitative estimate of drug-likeness (QED) is 0.502. The SMILES string of the molecule is NC(=O)Cc1ccc(OCC(=O)NCc2ccc(NC(=O)c3ccco3)cc2)cc1. The van der Waals surface area contributed by atoms with Crippen molar-refractivity contribution in [2.75, 3.05) is 11.9 Å². The molecule has 0 spiro atoms. The maximum Gasteiger partial charge on any atom is 0.291 e. The van der Waals surface area contributed by atoms with Gasteiger partial charge in [0, 0.05) is 12.2 Å². The lowest BCUT2D eigenvalue weighted by molar-refractivity contribution is -0.123. The Labute approximate surface area is 173 Å². The number of primary amides is 1. The van der Waals surface area contributed by atoms with Gasteiger partial charge in [0.2, 0.25) is 5.91 Å². The number of benzene rings is 2. The van der Waals surface area contributed by atoms with Crippen LogP contribution in [0.2, 0.25) is 0 Å². The minimum atomic E-state index is -0.406. The average molecular weight is 407 g/mol. The molecular weight excluding hydrogens is 386 g/mol. The lowest BCUT2D eigenvalue weighted by Gasteiger charge is -2.09. The third-order valence-corrected chi connectivity index (χ3v) is 4.12. The molecule has 0 bridgehead atoms. The molecule has 0 aliphatic rings. The fraction of sp³-hybridized carbons (Fsp3) is 0.136. The van der Waals surface area contributed by atoms with E-state index in [1.54, 1.807) is 60.7 Å². The maximum absolute atomic E-state index is 12.0. The summed E-state index contributed by atoms with van der Waals surface area (Å²) in [4.78, 5) is 34.8. The lowest BCUT2D eigenvalue weighted by Crippen LogP contribution is -2.28. The molecule has 3 amide bonds. The molecule has 0 aliphatic carbocycles. The van der Waals surface area contributed by atoms with Gasteiger partial charge in [-0.2, -0.15) is 0 Å². The van der Waals surface area contributed by atoms with E-state index < -0.39 is 5.91 Å². The zero-order valence-corrected chi connectivity index (χ0v) is 16.1. The molecule has 3 aromatic rings. The van der Waals surface area contributed by atoms with Crippen molar-refractivity contribution in [3.05, 3.63) is 83.8 Å². The first-order valence-corrected chi connectivity index (χ1v) is 9.20. The zero-order chi connectivity index (χ0) is 21.3. The van der Waals surface area contributed by atoms with Crippen LogP contribution in [0.25, 0.3) is 0 Å². The van der Waals surface area contributed by atoms with Crippen molar-refractivity contribution in [1.29, 1.82) is 0 Å². The van der Waals surface area contributed by atoms with E-state index in [1.165, 1.54) is 6.26 Å². The van der Waals surface area contributed by atoms with Crippen LogP contribution in [0.15, 0.2) is 71.3 Å². The van der Waals surface area contributed by atoms with Crippen LogP contribution in [0.1, 0.15) is 21.7 Å². The van der Waals surface area contributed by atoms with E-state index >= 15 is 0 Å². The Morgan fingerprint density at radius 3 is 2.27 bits per heavy atom. The van der Waals surface area contributed by atoms with Gasteiger partial charge in [0.15, 0.2) is 12.4 Å². The highest BCUT2D eigenvalue weighted by molar-refractivity contribution is 6.02. The first-order valence-electron chi connectivity index (χ1n) is 9.20. The molecule has 0 saturated carbocycles. The third kappa shape index (κ3) is 6.23. The van der Waals surface area contributed by atoms with Crippen molar-refractivity contribution in [2.45, 2.75) is 13.0 Å². The Balaban J connectivity index is 1.41. The molecule has 4 N–H and O–H groups in total. The van der Waals surface area contributed by atoms with Gasteiger partial charge in [-0.05, 0) is 47.5 Å². The van der Waals surface area contributed by atoms with Crippen LogP contribution in [0.3, 0.4) is 0 Å². The molecule has 8 heteroatoms. The average Bonchev–Trinajstić information content (AvgIpc) is 3.27. The molecule has 30 heavy (non-hydrogen) atoms. The van der Waals surface area contributed by atoms with E-state index in [1.807, 2.05) is 0 Å². The van der Waals surface area contributed by atoms with Gasteiger partial charge < -0.3 is 25.5 Å². The summed E-state index contributed by atoms with van der Waals surface area (Å²) in [5.74, 6) is -0.257. The van der Waals surface area contributed by atoms with Crippen molar-refractivity contribution in [3.63, 3.8) is 0 Å². The molecule has 0 radical (unpaired) electrons. The van der Waals surface area contributed by atoms with Crippen LogP contribution < -0.4 is 21.1 Å². The van der Waals surface area contributed by atoms with Crippen molar-refractivity contribution in [1.82, 2.24) is 5.32 Å². The third-order valence-electron chi connectivity index (χ3n) is 4.12. The monoisotopic (exact) mass is 407 g/mol. The summed E-state index contributed by atoms with van der Waals surface area (Å²) in [5, 5.41) is 5.49. The predicted molar refractivity (Wildman–Crippen MR) is 110 cm³/mol. The van der Waals surface area contributed by atoms with Crippen LogP contribution in [-0.4, -0.2) is 24.3 Å². The molecule has 0 saturated heterocycles. The summed E-state index contributed by atoms with van der Waals surface area (Å²) < 4.78 is 10.5. The predicted octanol–water partition coefficient (Wildman–Crippen LogP) is 2.25. The number of carbonyl (C=O) groups is 3. The maximum atomic E-state index is 12.0. The van der Waals surface area contributed by atoms with Crippen molar-refractivity contribution in [2.24, 2.45) is 5.73 Å². The molecule has 0 atom stereocenters. The molecular formula is C22H21N3O5. The molecule has 154 valence electrons. The molecule has 1 aromatic heterocycles. The van der Waals surface area contributed by atoms with E-state index in [0.29, 0.717) is 18.0 Å². The van der Waals surface area contributed by atoms with E-state index in [2.05, 4.69) is 10.6 Å². The largest absolute Gasteiger partial charge is 0.484 e. The van der Waals surface area contributed by atoms with E-state index in [4.69, 9.17) is 14.9 Å². The minimum absolute atomic E-state index is 0.132. The first-order chi connectivity index (χ1) is 14.5. The smallest absolute Gasteiger partial charge is 0.291 e. The highest BCUT2D eigenvalue weighted by Crippen LogP contribution is 2.13. The highest BCUT2D eigenvalue weighted by atomic mass is 16.5. The number of rotatable bonds is 9. The van der Waals surface area contributed by atoms with Crippen LogP contribution in [0.4, 0.5) is 5.69 Å². The Bertz CT molecular complexity index is 996. The van der Waals surface area contributed by atoms with Gasteiger partial charge in [-0.3, -0.25) is 14.4 Å². The number of anilines is 1. The summed E-state index contributed by atoms with van der Waals surface area (Å²) in [5.41, 5.74) is 7.42. The van der Waals surface area contributed by atoms with Crippen LogP contribution in [0, 0.1) is 0 Å². The summed E-state index contributed by atoms with van der Waals surface area (Å²) >= 11 is 0. The van der Waals surface area contributed by atoms with Crippen molar-refractivity contribution >= 4 is 23.4 Å². The summed E-state index contributed by atoms with van der Waals surface area (Å²) in [6.45, 7) is 0.193. The molecule has 0 aliphatic heterocycles. The number of furan rings is 1. The fourth-order valence-corrected chi connectivity index (χ4v) is 2.61. The Morgan fingerprint density at radius 1 is 0.933 bits per heavy atom. The lowest BCUT2D eigenvalue weighted by atomic mass is 10.1. The van der Waals surface area contributed by atoms with Gasteiger partial charge in [0.05, 0.1) is 12.7 Å². The van der Waals surface area contributed by atoms with Crippen molar-refractivity contribution < 1.29 is 23.5 Å². The van der Waals surface area contributed by atoms with Crippen LogP contribution in [0.5, 0.6) is 5.75 Å². The number of nitrogens with one attached hydrogen (secondary N) is 2. The number of amides is 3. The summed E-state index contributed by atoms with van der Waals surface area (Å²) in [7, 11) is 0. The molecule has 1 heterocycles. The standard InChI is InChI=1S/C22H21N3O5/c23-20(26)12-15-5-9-18(10-6-15)30-14-21(27)24-13-16-3-7-17(8-4-16)25-22(28)19-2-1-11-29-19/h1-11H,12-14H2,(H2,23,26)(H,24,27)(H,25,28). The van der Waals surface area contributed by atoms with E-state index in [-0.39, 0.29) is 30.6 Å². The van der Waals surface area contributed by atoms with Gasteiger partial charge in [-0.1, -0.05) is 24.3 Å². The summed E-state index contributed by atoms with van der Waals surface area (Å²) in [6.07, 6.45) is 1.59. The highest BCUT2D eigenvalue weighted by Gasteiger charge is 2.09. The molecule has 0 unspecified atom stereocenters. The number of hydrogen-bond acceptors (Lipinski definition) is 5. The van der Waals surface area contributed by atoms with Crippen LogP contribution in [-0.2, 0) is 22.6 Å². The van der Waals surface area contributed by atoms with Gasteiger partial charge in [0.25, 0.3) is 11.8 Å². The normalized spacial score (nSPS) is 10.3. The number of hydrogen-bond donors (Lipinski definition) is 3. The Kier molecular flexibility index (Phi) is 6.83. The summed E-state index contributed by atoms with van der Waals surface area (Å²) in [6, 6.07) is 17.1. The topological polar surface area (TPSA) is 124 Å². The Morgan fingerprint density at radius 2 is 1.63 bits per heavy atom. The number of carbonyl (C=O) groups excluding carboxylic acids is 3. The second-order valence-electron chi connectivity index (χ2n) is 6.48. The molecule has 0 fully saturated rings. The van der Waals surface area contributed by atoms with E-state index in [9.17, 15) is 14.4 Å². The van der Waals surface area contributed by atoms with Crippen molar-refractivity contribution in [3.8, 4) is 5.75 Å². The van der Waals surface area contributed by atoms with Gasteiger partial charge in [0.1, 0.15) is 5.75 Å². The number of nitrogens with two attached hydrogens (primary N) is 1. The zero-order valence-electron chi connectivity index (χ0n) is 16.1. The van der Waals surface area contributed by atoms with Gasteiger partial charge in [-0.25, -0.2) is 0 Å². The molecule has 2 aromatic carbocycles. The minimum Gasteiger partial charge on any atom is -0.484 e. The second kappa shape index (κ2) is 9.92. The first kappa shape index (κ1) is 20.7. The number of ether oxygens (including phenoxy) is 1. The van der Waals surface area contributed by atoms with Gasteiger partial charge >= 0.3 is 0 Å². The van der Waals surface area contributed by atoms with Crippen LogP contribution >= 0.6 is 0 Å². The van der Waals surface area contributed by atoms with E-state index in [0.717, 1.165) is 11.1 Å².